The Morgan fingerprint density at radius 3 is 2.92 bits per heavy atom. The van der Waals surface area contributed by atoms with E-state index in [2.05, 4.69) is 13.0 Å². The molecule has 0 aromatic carbocycles. The molecule has 0 aliphatic heterocycles. The summed E-state index contributed by atoms with van der Waals surface area (Å²) in [5.74, 6) is 0.954. The molecule has 0 radical (unpaired) electrons. The highest BCUT2D eigenvalue weighted by molar-refractivity contribution is 5.41. The van der Waals surface area contributed by atoms with Crippen LogP contribution < -0.4 is 0 Å². The third kappa shape index (κ3) is 4.56. The number of unbranched alkanes of at least 4 members (excludes halogenated alkanes) is 4. The molecule has 0 aliphatic carbocycles. The molecule has 0 fully saturated rings. The van der Waals surface area contributed by atoms with Gasteiger partial charge in [0, 0.05) is 0 Å². The number of hydrogen-bond donors (Lipinski definition) is 0. The zero-order valence-electron chi connectivity index (χ0n) is 8.33. The molecule has 0 saturated heterocycles. The zero-order chi connectivity index (χ0) is 9.36. The topological polar surface area (TPSA) is 13.1 Å². The van der Waals surface area contributed by atoms with Crippen molar-refractivity contribution in [3.05, 3.63) is 30.2 Å². The molecule has 1 aromatic rings. The molecule has 0 N–H and O–H groups in total. The van der Waals surface area contributed by atoms with Crippen molar-refractivity contribution in [1.29, 1.82) is 0 Å². The van der Waals surface area contributed by atoms with E-state index in [0.717, 1.165) is 5.76 Å². The fourth-order valence-electron chi connectivity index (χ4n) is 1.27. The summed E-state index contributed by atoms with van der Waals surface area (Å²) in [6.07, 6.45) is 12.4. The van der Waals surface area contributed by atoms with Crippen molar-refractivity contribution in [2.75, 3.05) is 0 Å². The Balaban J connectivity index is 2.05. The van der Waals surface area contributed by atoms with Crippen LogP contribution in [-0.4, -0.2) is 0 Å². The van der Waals surface area contributed by atoms with Crippen LogP contribution in [0.5, 0.6) is 0 Å². The van der Waals surface area contributed by atoms with Gasteiger partial charge in [-0.3, -0.25) is 0 Å². The highest BCUT2D eigenvalue weighted by Crippen LogP contribution is 2.06. The third-order valence-electron chi connectivity index (χ3n) is 2.05. The third-order valence-corrected chi connectivity index (χ3v) is 2.05. The summed E-state index contributed by atoms with van der Waals surface area (Å²) in [7, 11) is 0. The Labute approximate surface area is 80.5 Å². The van der Waals surface area contributed by atoms with Crippen LogP contribution in [0.1, 0.15) is 44.8 Å². The monoisotopic (exact) mass is 178 g/mol. The summed E-state index contributed by atoms with van der Waals surface area (Å²) in [6, 6.07) is 3.89. The standard InChI is InChI=1S/C12H18O/c1-2-3-4-5-6-7-9-12-10-8-11-13-12/h7-11H,2-6H2,1H3. The van der Waals surface area contributed by atoms with Crippen LogP contribution in [0.2, 0.25) is 0 Å². The highest BCUT2D eigenvalue weighted by Gasteiger charge is 1.87. The summed E-state index contributed by atoms with van der Waals surface area (Å²) in [5, 5.41) is 0. The lowest BCUT2D eigenvalue weighted by molar-refractivity contribution is 0.556. The first-order valence-corrected chi connectivity index (χ1v) is 5.13. The summed E-state index contributed by atoms with van der Waals surface area (Å²) in [4.78, 5) is 0. The lowest BCUT2D eigenvalue weighted by Crippen LogP contribution is -1.73. The van der Waals surface area contributed by atoms with Crippen LogP contribution in [0.3, 0.4) is 0 Å². The number of allylic oxidation sites excluding steroid dienone is 1. The second-order valence-corrected chi connectivity index (χ2v) is 3.27. The first-order valence-electron chi connectivity index (χ1n) is 5.13. The van der Waals surface area contributed by atoms with Gasteiger partial charge in [-0.15, -0.1) is 0 Å². The molecule has 1 aromatic heterocycles. The quantitative estimate of drug-likeness (QED) is 0.593. The van der Waals surface area contributed by atoms with Gasteiger partial charge < -0.3 is 4.42 Å². The predicted molar refractivity (Wildman–Crippen MR) is 56.5 cm³/mol. The van der Waals surface area contributed by atoms with E-state index in [9.17, 15) is 0 Å². The second kappa shape index (κ2) is 6.53. The first-order chi connectivity index (χ1) is 6.43. The number of furan rings is 1. The molecule has 0 bridgehead atoms. The van der Waals surface area contributed by atoms with E-state index in [1.54, 1.807) is 6.26 Å². The van der Waals surface area contributed by atoms with Crippen molar-refractivity contribution in [2.45, 2.75) is 39.0 Å². The van der Waals surface area contributed by atoms with Crippen LogP contribution >= 0.6 is 0 Å². The first kappa shape index (κ1) is 10.1. The van der Waals surface area contributed by atoms with Gasteiger partial charge in [-0.2, -0.15) is 0 Å². The molecule has 0 aliphatic rings. The minimum Gasteiger partial charge on any atom is -0.465 e. The SMILES string of the molecule is CCCCCCC=Cc1ccco1. The van der Waals surface area contributed by atoms with Gasteiger partial charge in [0.2, 0.25) is 0 Å². The van der Waals surface area contributed by atoms with Gasteiger partial charge in [0.05, 0.1) is 6.26 Å². The largest absolute Gasteiger partial charge is 0.465 e. The average molecular weight is 178 g/mol. The Bertz CT molecular complexity index is 221. The van der Waals surface area contributed by atoms with Crippen molar-refractivity contribution in [3.8, 4) is 0 Å². The van der Waals surface area contributed by atoms with Crippen LogP contribution in [-0.2, 0) is 0 Å². The van der Waals surface area contributed by atoms with E-state index in [1.165, 1.54) is 32.1 Å². The van der Waals surface area contributed by atoms with Crippen LogP contribution in [0, 0.1) is 0 Å². The maximum absolute atomic E-state index is 5.17. The maximum atomic E-state index is 5.17. The minimum absolute atomic E-state index is 0.954. The van der Waals surface area contributed by atoms with Gasteiger partial charge in [-0.25, -0.2) is 0 Å². The second-order valence-electron chi connectivity index (χ2n) is 3.27. The van der Waals surface area contributed by atoms with Crippen LogP contribution in [0.4, 0.5) is 0 Å². The van der Waals surface area contributed by atoms with E-state index in [-0.39, 0.29) is 0 Å². The van der Waals surface area contributed by atoms with E-state index in [1.807, 2.05) is 18.2 Å². The van der Waals surface area contributed by atoms with Crippen molar-refractivity contribution in [2.24, 2.45) is 0 Å². The Morgan fingerprint density at radius 2 is 2.23 bits per heavy atom. The molecule has 0 atom stereocenters. The van der Waals surface area contributed by atoms with Crippen molar-refractivity contribution < 1.29 is 4.42 Å². The Hall–Kier alpha value is -0.980. The van der Waals surface area contributed by atoms with Gasteiger partial charge in [-0.05, 0) is 31.1 Å². The van der Waals surface area contributed by atoms with E-state index in [4.69, 9.17) is 4.42 Å². The normalized spacial score (nSPS) is 11.2. The highest BCUT2D eigenvalue weighted by atomic mass is 16.3. The van der Waals surface area contributed by atoms with Gasteiger partial charge in [-0.1, -0.05) is 32.3 Å². The Kier molecular flexibility index (Phi) is 5.07. The molecule has 1 heterocycles. The van der Waals surface area contributed by atoms with Gasteiger partial charge >= 0.3 is 0 Å². The van der Waals surface area contributed by atoms with E-state index >= 15 is 0 Å². The number of hydrogen-bond acceptors (Lipinski definition) is 1. The summed E-state index contributed by atoms with van der Waals surface area (Å²) in [5.41, 5.74) is 0. The van der Waals surface area contributed by atoms with Gasteiger partial charge in [0.1, 0.15) is 5.76 Å². The molecule has 1 nitrogen and oxygen atoms in total. The van der Waals surface area contributed by atoms with E-state index < -0.39 is 0 Å². The molecule has 0 saturated carbocycles. The molecule has 1 rings (SSSR count). The predicted octanol–water partition coefficient (Wildman–Crippen LogP) is 4.26. The minimum atomic E-state index is 0.954. The molecule has 1 heteroatoms. The summed E-state index contributed by atoms with van der Waals surface area (Å²) >= 11 is 0. The molecular formula is C12H18O. The maximum Gasteiger partial charge on any atom is 0.126 e. The number of rotatable bonds is 6. The molecule has 72 valence electrons. The average Bonchev–Trinajstić information content (AvgIpc) is 2.63. The smallest absolute Gasteiger partial charge is 0.126 e. The van der Waals surface area contributed by atoms with E-state index in [0.29, 0.717) is 0 Å². The lowest BCUT2D eigenvalue weighted by Gasteiger charge is -1.93. The molecule has 13 heavy (non-hydrogen) atoms. The zero-order valence-corrected chi connectivity index (χ0v) is 8.33. The van der Waals surface area contributed by atoms with Gasteiger partial charge in [0.15, 0.2) is 0 Å². The summed E-state index contributed by atoms with van der Waals surface area (Å²) < 4.78 is 5.17. The fourth-order valence-corrected chi connectivity index (χ4v) is 1.27. The molecule has 0 unspecified atom stereocenters. The lowest BCUT2D eigenvalue weighted by atomic mass is 10.1. The van der Waals surface area contributed by atoms with Crippen molar-refractivity contribution in [3.63, 3.8) is 0 Å². The molecule has 0 amide bonds. The summed E-state index contributed by atoms with van der Waals surface area (Å²) in [6.45, 7) is 2.23. The van der Waals surface area contributed by atoms with Crippen molar-refractivity contribution >= 4 is 6.08 Å². The van der Waals surface area contributed by atoms with Crippen molar-refractivity contribution in [1.82, 2.24) is 0 Å². The fraction of sp³-hybridized carbons (Fsp3) is 0.500. The molecular weight excluding hydrogens is 160 g/mol. The Morgan fingerprint density at radius 1 is 1.31 bits per heavy atom. The van der Waals surface area contributed by atoms with Gasteiger partial charge in [0.25, 0.3) is 0 Å². The van der Waals surface area contributed by atoms with Crippen LogP contribution in [0.15, 0.2) is 28.9 Å². The van der Waals surface area contributed by atoms with Crippen LogP contribution in [0.25, 0.3) is 6.08 Å². The molecule has 0 spiro atoms.